The van der Waals surface area contributed by atoms with E-state index in [1.165, 1.54) is 186 Å². The molecule has 8 N–H and O–H groups in total. The van der Waals surface area contributed by atoms with Crippen LogP contribution in [-0.2, 0) is 71.0 Å². The maximum atomic E-state index is 15.0. The average molecular weight is 1760 g/mol. The van der Waals surface area contributed by atoms with Crippen LogP contribution in [0.4, 0.5) is 0 Å². The standard InChI is InChI=1S/C98H185N2O21P/c1-7-13-19-25-31-37-40-41-44-50-56-61-66-72-87(104)115-80(69-63-57-51-45-34-28-22-16-10-4)75-85(102)99-91-94(109)93(108)84(118-97(91)110)79-114-98-92(100-86(103)76-81(70-64-58-52-46-35-29-23-17-11-5)116-88(105)73-67-60-54-48-42-38-32-26-20-14-8-2)96(95(83(78-101)119-98)121-122(111,112)113)120-90(107)77-82(71-65-59-53-47-36-30-24-18-12-6)117-89(106)74-68-62-55-49-43-39-33-27-21-15-9-3/h80-84,91-98,101,108-110H,7-79H2,1-6H3,(H,99,102)(H,100,103)(H2,111,112,113)/t80-,81-,82-,83?,84?,91?,92+,93-,94-,95-,96?,97+,98-/m1/s1. The maximum Gasteiger partial charge on any atom is 0.470 e. The Morgan fingerprint density at radius 3 is 0.885 bits per heavy atom. The molecule has 2 heterocycles. The fourth-order valence-electron chi connectivity index (χ4n) is 17.0. The van der Waals surface area contributed by atoms with Gasteiger partial charge in [0.1, 0.15) is 60.9 Å². The van der Waals surface area contributed by atoms with Crippen LogP contribution in [0.1, 0.15) is 497 Å². The predicted molar refractivity (Wildman–Crippen MR) is 487 cm³/mol. The average Bonchev–Trinajstić information content (AvgIpc) is 0.779. The van der Waals surface area contributed by atoms with Gasteiger partial charge in [0.05, 0.1) is 32.5 Å². The second kappa shape index (κ2) is 78.7. The second-order valence-corrected chi connectivity index (χ2v) is 37.4. The van der Waals surface area contributed by atoms with Gasteiger partial charge in [0.2, 0.25) is 11.8 Å². The topological polar surface area (TPSA) is 339 Å². The molecule has 24 heteroatoms. The van der Waals surface area contributed by atoms with Crippen molar-refractivity contribution in [3.05, 3.63) is 0 Å². The van der Waals surface area contributed by atoms with Gasteiger partial charge < -0.3 is 74.0 Å². The molecule has 2 aliphatic heterocycles. The van der Waals surface area contributed by atoms with Gasteiger partial charge in [0, 0.05) is 19.3 Å². The van der Waals surface area contributed by atoms with Crippen molar-refractivity contribution in [1.82, 2.24) is 10.6 Å². The summed E-state index contributed by atoms with van der Waals surface area (Å²) in [5, 5.41) is 51.9. The molecule has 2 rings (SSSR count). The molecule has 0 aromatic carbocycles. The van der Waals surface area contributed by atoms with Crippen LogP contribution in [0.5, 0.6) is 0 Å². The summed E-state index contributed by atoms with van der Waals surface area (Å²) in [5.41, 5.74) is 0. The van der Waals surface area contributed by atoms with E-state index in [1.807, 2.05) is 0 Å². The van der Waals surface area contributed by atoms with Crippen molar-refractivity contribution in [2.45, 2.75) is 577 Å². The molecule has 0 radical (unpaired) electrons. The molecule has 23 nitrogen and oxygen atoms in total. The molecular formula is C98H185N2O21P. The molecule has 0 aliphatic carbocycles. The van der Waals surface area contributed by atoms with Crippen LogP contribution >= 0.6 is 7.82 Å². The number of carbonyl (C=O) groups is 6. The number of nitrogens with one attached hydrogen (secondary N) is 2. The number of aliphatic hydroxyl groups is 4. The second-order valence-electron chi connectivity index (χ2n) is 36.2. The van der Waals surface area contributed by atoms with E-state index in [-0.39, 0.29) is 32.1 Å². The lowest BCUT2D eigenvalue weighted by Gasteiger charge is -2.46. The molecule has 122 heavy (non-hydrogen) atoms. The van der Waals surface area contributed by atoms with Crippen LogP contribution in [0, 0.1) is 0 Å². The summed E-state index contributed by atoms with van der Waals surface area (Å²) >= 11 is 0. The maximum absolute atomic E-state index is 15.0. The van der Waals surface area contributed by atoms with Crippen molar-refractivity contribution < 1.29 is 101 Å². The Bertz CT molecular complexity index is 2550. The van der Waals surface area contributed by atoms with Crippen LogP contribution in [0.3, 0.4) is 0 Å². The summed E-state index contributed by atoms with van der Waals surface area (Å²) in [5.74, 6) is -3.84. The highest BCUT2D eigenvalue weighted by atomic mass is 31.2. The van der Waals surface area contributed by atoms with Crippen molar-refractivity contribution in [3.63, 3.8) is 0 Å². The first kappa shape index (κ1) is 115. The number of rotatable bonds is 86. The van der Waals surface area contributed by atoms with Gasteiger partial charge in [-0.15, -0.1) is 0 Å². The Hall–Kier alpha value is -3.35. The Morgan fingerprint density at radius 2 is 0.598 bits per heavy atom. The monoisotopic (exact) mass is 1760 g/mol. The van der Waals surface area contributed by atoms with Gasteiger partial charge in [-0.3, -0.25) is 33.3 Å². The minimum Gasteiger partial charge on any atom is -0.462 e. The zero-order valence-electron chi connectivity index (χ0n) is 78.4. The Morgan fingerprint density at radius 1 is 0.328 bits per heavy atom. The zero-order valence-corrected chi connectivity index (χ0v) is 79.3. The summed E-state index contributed by atoms with van der Waals surface area (Å²) < 4.78 is 61.5. The molecule has 0 bridgehead atoms. The van der Waals surface area contributed by atoms with Crippen LogP contribution in [0.2, 0.25) is 0 Å². The van der Waals surface area contributed by atoms with E-state index in [0.717, 1.165) is 173 Å². The van der Waals surface area contributed by atoms with Gasteiger partial charge in [-0.25, -0.2) is 4.57 Å². The van der Waals surface area contributed by atoms with Crippen molar-refractivity contribution in [3.8, 4) is 0 Å². The lowest BCUT2D eigenvalue weighted by Crippen LogP contribution is -2.67. The van der Waals surface area contributed by atoms with Gasteiger partial charge in [0.25, 0.3) is 0 Å². The van der Waals surface area contributed by atoms with Crippen molar-refractivity contribution >= 4 is 43.5 Å². The number of phosphoric ester groups is 1. The summed E-state index contributed by atoms with van der Waals surface area (Å²) in [6.07, 6.45) is 49.5. The highest BCUT2D eigenvalue weighted by Gasteiger charge is 2.53. The van der Waals surface area contributed by atoms with Gasteiger partial charge >= 0.3 is 31.7 Å². The third-order valence-corrected chi connectivity index (χ3v) is 25.1. The molecule has 13 atom stereocenters. The van der Waals surface area contributed by atoms with E-state index >= 15 is 4.79 Å². The largest absolute Gasteiger partial charge is 0.470 e. The summed E-state index contributed by atoms with van der Waals surface area (Å²) in [7, 11) is -5.58. The normalized spacial score (nSPS) is 20.0. The molecule has 2 fully saturated rings. The lowest BCUT2D eigenvalue weighted by molar-refractivity contribution is -0.297. The minimum atomic E-state index is -5.58. The van der Waals surface area contributed by atoms with E-state index in [1.54, 1.807) is 0 Å². The lowest BCUT2D eigenvalue weighted by atomic mass is 9.95. The van der Waals surface area contributed by atoms with Gasteiger partial charge in [0.15, 0.2) is 18.7 Å². The molecule has 718 valence electrons. The number of hydrogen-bond donors (Lipinski definition) is 8. The van der Waals surface area contributed by atoms with Gasteiger partial charge in [-0.05, 0) is 57.8 Å². The number of esters is 4. The summed E-state index contributed by atoms with van der Waals surface area (Å²) in [6.45, 7) is 11.4. The molecule has 2 aliphatic rings. The number of ether oxygens (including phenoxy) is 7. The van der Waals surface area contributed by atoms with E-state index < -0.39 is 149 Å². The Kier molecular flexibility index (Phi) is 74.0. The number of hydrogen-bond acceptors (Lipinski definition) is 19. The molecule has 0 aromatic heterocycles. The fraction of sp³-hybridized carbons (Fsp3) is 0.939. The van der Waals surface area contributed by atoms with Crippen LogP contribution < -0.4 is 10.6 Å². The third kappa shape index (κ3) is 62.0. The quantitative estimate of drug-likeness (QED) is 0.0121. The molecule has 0 saturated carbocycles. The number of aliphatic hydroxyl groups excluding tert-OH is 4. The highest BCUT2D eigenvalue weighted by Crippen LogP contribution is 2.43. The first-order valence-corrected chi connectivity index (χ1v) is 52.4. The third-order valence-electron chi connectivity index (χ3n) is 24.6. The fourth-order valence-corrected chi connectivity index (χ4v) is 17.6. The van der Waals surface area contributed by atoms with E-state index in [2.05, 4.69) is 52.2 Å². The number of unbranched alkanes of at least 4 members (excludes halogenated alkanes) is 56. The molecular weight excluding hydrogens is 1570 g/mol. The van der Waals surface area contributed by atoms with Gasteiger partial charge in [-0.2, -0.15) is 0 Å². The molecule has 2 amide bonds. The molecule has 0 aromatic rings. The van der Waals surface area contributed by atoms with Crippen LogP contribution in [-0.4, -0.2) is 159 Å². The van der Waals surface area contributed by atoms with Crippen LogP contribution in [0.15, 0.2) is 0 Å². The summed E-state index contributed by atoms with van der Waals surface area (Å²) in [6, 6.07) is -3.37. The predicted octanol–water partition coefficient (Wildman–Crippen LogP) is 23.1. The van der Waals surface area contributed by atoms with Crippen molar-refractivity contribution in [1.29, 1.82) is 0 Å². The first-order valence-electron chi connectivity index (χ1n) is 50.9. The molecule has 2 saturated heterocycles. The number of amides is 2. The zero-order chi connectivity index (χ0) is 89.2. The number of carbonyl (C=O) groups excluding carboxylic acids is 6. The van der Waals surface area contributed by atoms with E-state index in [9.17, 15) is 58.8 Å². The smallest absolute Gasteiger partial charge is 0.462 e. The Labute approximate surface area is 741 Å². The molecule has 4 unspecified atom stereocenters. The van der Waals surface area contributed by atoms with Gasteiger partial charge in [-0.1, -0.05) is 401 Å². The van der Waals surface area contributed by atoms with Crippen LogP contribution in [0.25, 0.3) is 0 Å². The highest BCUT2D eigenvalue weighted by molar-refractivity contribution is 7.46. The van der Waals surface area contributed by atoms with Crippen molar-refractivity contribution in [2.24, 2.45) is 0 Å². The van der Waals surface area contributed by atoms with Crippen molar-refractivity contribution in [2.75, 3.05) is 13.2 Å². The summed E-state index contributed by atoms with van der Waals surface area (Å²) in [4.78, 5) is 106. The molecule has 0 spiro atoms. The first-order chi connectivity index (χ1) is 59.2. The van der Waals surface area contributed by atoms with E-state index in [4.69, 9.17) is 37.7 Å². The minimum absolute atomic E-state index is 0.124. The SMILES string of the molecule is CCCCCCCCCCCCCCCC(=O)O[C@H](CCCCCCCCCCC)CC(=O)NC1[C@@H](O)[C@H](O)C(CO[C@@H]2OC(CO)[C@@H](OP(=O)(O)O)C(OC(=O)C[C@@H](CCCCCCCCCCC)OC(=O)CCCCCCCCCCCCC)[C@@H]2NC(=O)C[C@@H](CCCCCCCCCCC)OC(=O)CCCCCCCCCCCCC)O[C@@H]1O. The Balaban J connectivity index is 2.57. The number of phosphoric acid groups is 1. The van der Waals surface area contributed by atoms with E-state index in [0.29, 0.717) is 51.4 Å².